The van der Waals surface area contributed by atoms with Gasteiger partial charge in [0.25, 0.3) is 0 Å². The van der Waals surface area contributed by atoms with Crippen molar-refractivity contribution in [3.05, 3.63) is 60.2 Å². The Morgan fingerprint density at radius 2 is 1.24 bits per heavy atom. The molecule has 0 spiro atoms. The number of carbonyl (C=O) groups is 2. The van der Waals surface area contributed by atoms with Crippen LogP contribution in [-0.2, 0) is 9.59 Å². The van der Waals surface area contributed by atoms with Crippen LogP contribution in [0, 0.1) is 11.6 Å². The van der Waals surface area contributed by atoms with Crippen molar-refractivity contribution in [3.63, 3.8) is 0 Å². The van der Waals surface area contributed by atoms with E-state index in [1.807, 2.05) is 0 Å². The molecule has 0 saturated heterocycles. The zero-order chi connectivity index (χ0) is 15.2. The van der Waals surface area contributed by atoms with E-state index >= 15 is 0 Å². The first-order chi connectivity index (χ1) is 10.0. The molecule has 2 aromatic rings. The third-order valence-corrected chi connectivity index (χ3v) is 2.34. The van der Waals surface area contributed by atoms with Gasteiger partial charge in [0.05, 0.1) is 0 Å². The van der Waals surface area contributed by atoms with Gasteiger partial charge in [-0.25, -0.2) is 8.78 Å². The molecule has 0 saturated carbocycles. The Morgan fingerprint density at radius 3 is 1.62 bits per heavy atom. The van der Waals surface area contributed by atoms with Crippen LogP contribution in [0.2, 0.25) is 0 Å². The fourth-order valence-electron chi connectivity index (χ4n) is 1.51. The molecular weight excluding hydrogens is 282 g/mol. The number of esters is 2. The lowest BCUT2D eigenvalue weighted by atomic mass is 10.3. The lowest BCUT2D eigenvalue weighted by molar-refractivity contribution is -0.144. The Morgan fingerprint density at radius 1 is 0.810 bits per heavy atom. The molecular formula is C15H10F2O4. The summed E-state index contributed by atoms with van der Waals surface area (Å²) in [5.41, 5.74) is 0. The fourth-order valence-corrected chi connectivity index (χ4v) is 1.51. The summed E-state index contributed by atoms with van der Waals surface area (Å²) in [5, 5.41) is 0. The highest BCUT2D eigenvalue weighted by molar-refractivity contribution is 5.93. The van der Waals surface area contributed by atoms with Gasteiger partial charge in [-0.3, -0.25) is 9.59 Å². The Labute approximate surface area is 118 Å². The van der Waals surface area contributed by atoms with Crippen LogP contribution in [0.1, 0.15) is 6.42 Å². The summed E-state index contributed by atoms with van der Waals surface area (Å²) in [7, 11) is 0. The van der Waals surface area contributed by atoms with Crippen molar-refractivity contribution >= 4 is 11.9 Å². The summed E-state index contributed by atoms with van der Waals surface area (Å²) >= 11 is 0. The SMILES string of the molecule is O=C(CC(=O)Oc1cccc(F)c1)Oc1cccc(F)c1. The summed E-state index contributed by atoms with van der Waals surface area (Å²) in [6.45, 7) is 0. The van der Waals surface area contributed by atoms with E-state index in [2.05, 4.69) is 0 Å². The van der Waals surface area contributed by atoms with E-state index in [1.165, 1.54) is 36.4 Å². The molecule has 108 valence electrons. The molecule has 0 fully saturated rings. The van der Waals surface area contributed by atoms with Gasteiger partial charge in [0.15, 0.2) is 0 Å². The van der Waals surface area contributed by atoms with Crippen molar-refractivity contribution < 1.29 is 27.8 Å². The Hall–Kier alpha value is -2.76. The third kappa shape index (κ3) is 4.68. The van der Waals surface area contributed by atoms with Crippen LogP contribution in [0.25, 0.3) is 0 Å². The molecule has 2 aromatic carbocycles. The molecule has 0 aromatic heterocycles. The van der Waals surface area contributed by atoms with E-state index in [4.69, 9.17) is 9.47 Å². The quantitative estimate of drug-likeness (QED) is 0.494. The zero-order valence-electron chi connectivity index (χ0n) is 10.7. The van der Waals surface area contributed by atoms with Gasteiger partial charge >= 0.3 is 11.9 Å². The molecule has 6 heteroatoms. The normalized spacial score (nSPS) is 10.0. The maximum Gasteiger partial charge on any atom is 0.322 e. The van der Waals surface area contributed by atoms with Crippen LogP contribution in [-0.4, -0.2) is 11.9 Å². The smallest absolute Gasteiger partial charge is 0.322 e. The monoisotopic (exact) mass is 292 g/mol. The molecule has 0 atom stereocenters. The van der Waals surface area contributed by atoms with Gasteiger partial charge in [-0.1, -0.05) is 12.1 Å². The highest BCUT2D eigenvalue weighted by atomic mass is 19.1. The molecule has 0 N–H and O–H groups in total. The van der Waals surface area contributed by atoms with Crippen LogP contribution >= 0.6 is 0 Å². The number of benzene rings is 2. The molecule has 0 radical (unpaired) electrons. The van der Waals surface area contributed by atoms with E-state index in [9.17, 15) is 18.4 Å². The second-order valence-electron chi connectivity index (χ2n) is 4.04. The van der Waals surface area contributed by atoms with Crippen molar-refractivity contribution in [2.75, 3.05) is 0 Å². The van der Waals surface area contributed by atoms with Crippen LogP contribution < -0.4 is 9.47 Å². The van der Waals surface area contributed by atoms with Crippen molar-refractivity contribution in [2.45, 2.75) is 6.42 Å². The maximum absolute atomic E-state index is 12.9. The minimum absolute atomic E-state index is 0.0152. The average molecular weight is 292 g/mol. The summed E-state index contributed by atoms with van der Waals surface area (Å²) in [4.78, 5) is 22.9. The Balaban J connectivity index is 1.89. The van der Waals surface area contributed by atoms with Crippen molar-refractivity contribution in [1.82, 2.24) is 0 Å². The van der Waals surface area contributed by atoms with E-state index < -0.39 is 30.0 Å². The van der Waals surface area contributed by atoms with E-state index in [0.29, 0.717) is 0 Å². The summed E-state index contributed by atoms with van der Waals surface area (Å²) in [6, 6.07) is 9.88. The zero-order valence-corrected chi connectivity index (χ0v) is 10.7. The van der Waals surface area contributed by atoms with E-state index in [1.54, 1.807) is 0 Å². The number of hydrogen-bond donors (Lipinski definition) is 0. The fraction of sp³-hybridized carbons (Fsp3) is 0.0667. The number of ether oxygens (including phenoxy) is 2. The predicted molar refractivity (Wildman–Crippen MR) is 68.7 cm³/mol. The highest BCUT2D eigenvalue weighted by Crippen LogP contribution is 2.14. The molecule has 4 nitrogen and oxygen atoms in total. The van der Waals surface area contributed by atoms with Gasteiger partial charge in [-0.15, -0.1) is 0 Å². The Kier molecular flexibility index (Phi) is 4.61. The van der Waals surface area contributed by atoms with E-state index in [0.717, 1.165) is 12.1 Å². The second-order valence-corrected chi connectivity index (χ2v) is 4.04. The molecule has 0 amide bonds. The standard InChI is InChI=1S/C15H10F2O4/c16-10-3-1-5-12(7-10)20-14(18)9-15(19)21-13-6-2-4-11(17)8-13/h1-8H,9H2. The van der Waals surface area contributed by atoms with Gasteiger partial charge in [0, 0.05) is 12.1 Å². The van der Waals surface area contributed by atoms with Crippen molar-refractivity contribution in [2.24, 2.45) is 0 Å². The second kappa shape index (κ2) is 6.60. The molecule has 0 aliphatic heterocycles. The van der Waals surface area contributed by atoms with Gasteiger partial charge in [0.2, 0.25) is 0 Å². The minimum Gasteiger partial charge on any atom is -0.426 e. The molecule has 0 bridgehead atoms. The molecule has 0 aliphatic carbocycles. The first-order valence-electron chi connectivity index (χ1n) is 5.95. The lowest BCUT2D eigenvalue weighted by Gasteiger charge is -2.05. The largest absolute Gasteiger partial charge is 0.426 e. The van der Waals surface area contributed by atoms with E-state index in [-0.39, 0.29) is 11.5 Å². The van der Waals surface area contributed by atoms with Gasteiger partial charge in [-0.2, -0.15) is 0 Å². The molecule has 0 heterocycles. The minimum atomic E-state index is -0.901. The van der Waals surface area contributed by atoms with Crippen LogP contribution in [0.4, 0.5) is 8.78 Å². The maximum atomic E-state index is 12.9. The molecule has 21 heavy (non-hydrogen) atoms. The lowest BCUT2D eigenvalue weighted by Crippen LogP contribution is -2.18. The summed E-state index contributed by atoms with van der Waals surface area (Å²) in [6.07, 6.45) is -0.674. The summed E-state index contributed by atoms with van der Waals surface area (Å²) < 4.78 is 35.3. The average Bonchev–Trinajstić information content (AvgIpc) is 2.38. The van der Waals surface area contributed by atoms with Crippen LogP contribution in [0.15, 0.2) is 48.5 Å². The first kappa shape index (κ1) is 14.6. The van der Waals surface area contributed by atoms with Crippen LogP contribution in [0.3, 0.4) is 0 Å². The number of carbonyl (C=O) groups excluding carboxylic acids is 2. The van der Waals surface area contributed by atoms with Crippen LogP contribution in [0.5, 0.6) is 11.5 Å². The number of halogens is 2. The van der Waals surface area contributed by atoms with Gasteiger partial charge in [-0.05, 0) is 24.3 Å². The highest BCUT2D eigenvalue weighted by Gasteiger charge is 2.14. The van der Waals surface area contributed by atoms with Gasteiger partial charge < -0.3 is 9.47 Å². The third-order valence-electron chi connectivity index (χ3n) is 2.34. The summed E-state index contributed by atoms with van der Waals surface area (Å²) in [5.74, 6) is -2.97. The Bertz CT molecular complexity index is 613. The topological polar surface area (TPSA) is 52.6 Å². The number of hydrogen-bond acceptors (Lipinski definition) is 4. The molecule has 0 aliphatic rings. The van der Waals surface area contributed by atoms with Gasteiger partial charge in [0.1, 0.15) is 29.6 Å². The van der Waals surface area contributed by atoms with Crippen molar-refractivity contribution in [3.8, 4) is 11.5 Å². The molecule has 0 unspecified atom stereocenters. The predicted octanol–water partition coefficient (Wildman–Crippen LogP) is 2.87. The molecule has 2 rings (SSSR count). The number of rotatable bonds is 4. The first-order valence-corrected chi connectivity index (χ1v) is 5.95. The van der Waals surface area contributed by atoms with Crippen molar-refractivity contribution in [1.29, 1.82) is 0 Å².